The van der Waals surface area contributed by atoms with Crippen molar-refractivity contribution >= 4 is 18.0 Å². The number of aliphatic carboxylic acids is 1. The number of alkyl carbamates (subject to hydrolysis) is 1. The molecular formula is C28H32N2O5. The molecule has 1 heterocycles. The van der Waals surface area contributed by atoms with Gasteiger partial charge in [-0.1, -0.05) is 73.9 Å². The molecule has 1 fully saturated rings. The predicted molar refractivity (Wildman–Crippen MR) is 133 cm³/mol. The second kappa shape index (κ2) is 11.2. The largest absolute Gasteiger partial charge is 0.480 e. The lowest BCUT2D eigenvalue weighted by atomic mass is 9.98. The molecule has 4 rings (SSSR count). The first-order chi connectivity index (χ1) is 17.0. The number of carbonyl (C=O) groups is 3. The third kappa shape index (κ3) is 5.56. The Bertz CT molecular complexity index is 1080. The van der Waals surface area contributed by atoms with E-state index in [0.717, 1.165) is 47.9 Å². The lowest BCUT2D eigenvalue weighted by Crippen LogP contribution is -2.46. The lowest BCUT2D eigenvalue weighted by molar-refractivity contribution is -0.149. The van der Waals surface area contributed by atoms with Crippen LogP contribution in [0.3, 0.4) is 0 Å². The molecule has 1 unspecified atom stereocenters. The normalized spacial score (nSPS) is 18.1. The minimum Gasteiger partial charge on any atom is -0.480 e. The van der Waals surface area contributed by atoms with E-state index in [4.69, 9.17) is 4.74 Å². The molecule has 2 aromatic rings. The lowest BCUT2D eigenvalue weighted by Gasteiger charge is -2.31. The van der Waals surface area contributed by atoms with E-state index in [9.17, 15) is 19.5 Å². The van der Waals surface area contributed by atoms with E-state index < -0.39 is 18.1 Å². The second-order valence-corrected chi connectivity index (χ2v) is 9.15. The molecule has 2 aliphatic rings. The quantitative estimate of drug-likeness (QED) is 0.589. The number of likely N-dealkylation sites (tertiary alicyclic amines) is 1. The van der Waals surface area contributed by atoms with Gasteiger partial charge in [0.2, 0.25) is 5.91 Å². The SMILES string of the molecule is C/C(=C\CNC(=O)OCC1c2ccccc2-c2ccccc21)C(=O)N1CCCCCCC1C(=O)O. The smallest absolute Gasteiger partial charge is 0.407 e. The summed E-state index contributed by atoms with van der Waals surface area (Å²) in [6.07, 6.45) is 5.09. The van der Waals surface area contributed by atoms with Crippen LogP contribution in [0.25, 0.3) is 11.1 Å². The van der Waals surface area contributed by atoms with Crippen molar-refractivity contribution in [3.63, 3.8) is 0 Å². The summed E-state index contributed by atoms with van der Waals surface area (Å²) in [6, 6.07) is 15.5. The number of hydrogen-bond donors (Lipinski definition) is 2. The zero-order valence-electron chi connectivity index (χ0n) is 20.0. The molecule has 2 aromatic carbocycles. The highest BCUT2D eigenvalue weighted by Crippen LogP contribution is 2.44. The second-order valence-electron chi connectivity index (χ2n) is 9.15. The zero-order chi connectivity index (χ0) is 24.8. The van der Waals surface area contributed by atoms with E-state index in [2.05, 4.69) is 29.6 Å². The van der Waals surface area contributed by atoms with Gasteiger partial charge in [-0.3, -0.25) is 4.79 Å². The molecule has 0 aromatic heterocycles. The Labute approximate surface area is 205 Å². The van der Waals surface area contributed by atoms with Crippen molar-refractivity contribution in [2.75, 3.05) is 19.7 Å². The summed E-state index contributed by atoms with van der Waals surface area (Å²) in [5.74, 6) is -1.29. The number of carboxylic acids is 1. The fraction of sp³-hybridized carbons (Fsp3) is 0.393. The minimum atomic E-state index is -0.968. The average Bonchev–Trinajstić information content (AvgIpc) is 3.15. The molecule has 0 bridgehead atoms. The van der Waals surface area contributed by atoms with Crippen LogP contribution in [0.1, 0.15) is 56.1 Å². The van der Waals surface area contributed by atoms with Crippen LogP contribution in [0.2, 0.25) is 0 Å². The average molecular weight is 477 g/mol. The van der Waals surface area contributed by atoms with Crippen molar-refractivity contribution in [2.45, 2.75) is 51.0 Å². The van der Waals surface area contributed by atoms with Gasteiger partial charge in [0.05, 0.1) is 0 Å². The van der Waals surface area contributed by atoms with Crippen LogP contribution in [0.15, 0.2) is 60.2 Å². The molecule has 0 radical (unpaired) electrons. The number of nitrogens with one attached hydrogen (secondary N) is 1. The Hall–Kier alpha value is -3.61. The molecule has 1 aliphatic heterocycles. The Kier molecular flexibility index (Phi) is 7.85. The molecule has 7 nitrogen and oxygen atoms in total. The predicted octanol–water partition coefficient (Wildman–Crippen LogP) is 4.72. The number of rotatable bonds is 6. The van der Waals surface area contributed by atoms with Crippen LogP contribution in [-0.4, -0.2) is 53.7 Å². The van der Waals surface area contributed by atoms with E-state index in [1.165, 1.54) is 4.90 Å². The van der Waals surface area contributed by atoms with Gasteiger partial charge in [-0.05, 0) is 42.0 Å². The molecule has 2 amide bonds. The maximum atomic E-state index is 12.9. The summed E-state index contributed by atoms with van der Waals surface area (Å²) < 4.78 is 5.52. The molecule has 1 aliphatic carbocycles. The van der Waals surface area contributed by atoms with Gasteiger partial charge in [0, 0.05) is 24.6 Å². The summed E-state index contributed by atoms with van der Waals surface area (Å²) in [5.41, 5.74) is 5.03. The molecule has 2 N–H and O–H groups in total. The van der Waals surface area contributed by atoms with Crippen molar-refractivity contribution in [1.29, 1.82) is 0 Å². The monoisotopic (exact) mass is 476 g/mol. The molecule has 184 valence electrons. The van der Waals surface area contributed by atoms with Gasteiger partial charge in [0.25, 0.3) is 0 Å². The third-order valence-corrected chi connectivity index (χ3v) is 6.88. The number of benzene rings is 2. The molecule has 0 spiro atoms. The van der Waals surface area contributed by atoms with Crippen molar-refractivity contribution in [2.24, 2.45) is 0 Å². The topological polar surface area (TPSA) is 95.9 Å². The van der Waals surface area contributed by atoms with Crippen LogP contribution in [0.5, 0.6) is 0 Å². The molecule has 35 heavy (non-hydrogen) atoms. The Balaban J connectivity index is 1.32. The molecule has 1 saturated heterocycles. The van der Waals surface area contributed by atoms with Gasteiger partial charge < -0.3 is 20.1 Å². The fourth-order valence-electron chi connectivity index (χ4n) is 5.04. The molecule has 1 atom stereocenters. The standard InChI is InChI=1S/C28H32N2O5/c1-19(26(31)30-17-9-3-2-4-14-25(30)27(32)33)15-16-29-28(34)35-18-24-22-12-7-5-10-20(22)21-11-6-8-13-23(21)24/h5-8,10-13,15,24-25H,2-4,9,14,16-18H2,1H3,(H,29,34)(H,32,33)/b19-15+. The Morgan fingerprint density at radius 3 is 2.29 bits per heavy atom. The van der Waals surface area contributed by atoms with Crippen molar-refractivity contribution in [1.82, 2.24) is 10.2 Å². The maximum absolute atomic E-state index is 12.9. The Morgan fingerprint density at radius 2 is 1.63 bits per heavy atom. The van der Waals surface area contributed by atoms with Gasteiger partial charge >= 0.3 is 12.1 Å². The molecule has 0 saturated carbocycles. The van der Waals surface area contributed by atoms with Crippen LogP contribution in [-0.2, 0) is 14.3 Å². The maximum Gasteiger partial charge on any atom is 0.407 e. The Morgan fingerprint density at radius 1 is 1.00 bits per heavy atom. The molecule has 7 heteroatoms. The first kappa shape index (κ1) is 24.5. The van der Waals surface area contributed by atoms with Gasteiger partial charge in [-0.2, -0.15) is 0 Å². The van der Waals surface area contributed by atoms with Crippen LogP contribution >= 0.6 is 0 Å². The number of carbonyl (C=O) groups excluding carboxylic acids is 2. The van der Waals surface area contributed by atoms with Crippen LogP contribution in [0.4, 0.5) is 4.79 Å². The number of ether oxygens (including phenoxy) is 1. The third-order valence-electron chi connectivity index (χ3n) is 6.88. The highest BCUT2D eigenvalue weighted by Gasteiger charge is 2.31. The number of fused-ring (bicyclic) bond motifs is 3. The van der Waals surface area contributed by atoms with E-state index in [-0.39, 0.29) is 25.0 Å². The summed E-state index contributed by atoms with van der Waals surface area (Å²) in [4.78, 5) is 38.5. The van der Waals surface area contributed by atoms with E-state index >= 15 is 0 Å². The van der Waals surface area contributed by atoms with Gasteiger partial charge in [-0.15, -0.1) is 0 Å². The highest BCUT2D eigenvalue weighted by molar-refractivity contribution is 5.95. The summed E-state index contributed by atoms with van der Waals surface area (Å²) in [6.45, 7) is 2.43. The van der Waals surface area contributed by atoms with Crippen molar-refractivity contribution < 1.29 is 24.2 Å². The summed E-state index contributed by atoms with van der Waals surface area (Å²) in [7, 11) is 0. The number of amides is 2. The van der Waals surface area contributed by atoms with Gasteiger partial charge in [0.1, 0.15) is 12.6 Å². The molecular weight excluding hydrogens is 444 g/mol. The first-order valence-corrected chi connectivity index (χ1v) is 12.3. The van der Waals surface area contributed by atoms with Gasteiger partial charge in [0.15, 0.2) is 0 Å². The van der Waals surface area contributed by atoms with Gasteiger partial charge in [-0.25, -0.2) is 9.59 Å². The van der Waals surface area contributed by atoms with Crippen LogP contribution < -0.4 is 5.32 Å². The van der Waals surface area contributed by atoms with Crippen molar-refractivity contribution in [3.8, 4) is 11.1 Å². The van der Waals surface area contributed by atoms with Crippen molar-refractivity contribution in [3.05, 3.63) is 71.3 Å². The highest BCUT2D eigenvalue weighted by atomic mass is 16.5. The van der Waals surface area contributed by atoms with Crippen LogP contribution in [0, 0.1) is 0 Å². The zero-order valence-corrected chi connectivity index (χ0v) is 20.0. The fourth-order valence-corrected chi connectivity index (χ4v) is 5.04. The van der Waals surface area contributed by atoms with E-state index in [1.54, 1.807) is 13.0 Å². The first-order valence-electron chi connectivity index (χ1n) is 12.3. The van der Waals surface area contributed by atoms with E-state index in [1.807, 2.05) is 24.3 Å². The summed E-state index contributed by atoms with van der Waals surface area (Å²) in [5, 5.41) is 12.3. The number of hydrogen-bond acceptors (Lipinski definition) is 4. The number of carboxylic acid groups (broad SMARTS) is 1. The number of nitrogens with zero attached hydrogens (tertiary/aromatic N) is 1. The minimum absolute atomic E-state index is 0.0212. The van der Waals surface area contributed by atoms with E-state index in [0.29, 0.717) is 18.5 Å². The summed E-state index contributed by atoms with van der Waals surface area (Å²) >= 11 is 0.